The average molecular weight is 465 g/mol. The van der Waals surface area contributed by atoms with E-state index in [0.717, 1.165) is 39.7 Å². The van der Waals surface area contributed by atoms with Gasteiger partial charge in [-0.25, -0.2) is 14.5 Å². The van der Waals surface area contributed by atoms with Crippen molar-refractivity contribution in [1.82, 2.24) is 24.5 Å². The van der Waals surface area contributed by atoms with Crippen LogP contribution in [0.25, 0.3) is 5.52 Å². The van der Waals surface area contributed by atoms with Crippen LogP contribution in [0.3, 0.4) is 0 Å². The molecular formula is C17H15Br2N5O. The molecule has 6 nitrogen and oxygen atoms in total. The van der Waals surface area contributed by atoms with Crippen LogP contribution >= 0.6 is 31.9 Å². The Morgan fingerprint density at radius 2 is 2.00 bits per heavy atom. The Kier molecular flexibility index (Phi) is 4.56. The third-order valence-electron chi connectivity index (χ3n) is 4.40. The Morgan fingerprint density at radius 1 is 1.20 bits per heavy atom. The van der Waals surface area contributed by atoms with E-state index in [1.54, 1.807) is 16.9 Å². The minimum atomic E-state index is -0.0580. The predicted octanol–water partition coefficient (Wildman–Crippen LogP) is 3.67. The molecule has 0 aliphatic carbocycles. The van der Waals surface area contributed by atoms with Crippen molar-refractivity contribution in [2.24, 2.45) is 0 Å². The van der Waals surface area contributed by atoms with Crippen LogP contribution in [-0.4, -0.2) is 43.5 Å². The lowest BCUT2D eigenvalue weighted by molar-refractivity contribution is 0.0697. The van der Waals surface area contributed by atoms with Crippen molar-refractivity contribution in [1.29, 1.82) is 0 Å². The maximum Gasteiger partial charge on any atom is 0.275 e. The Labute approximate surface area is 161 Å². The monoisotopic (exact) mass is 463 g/mol. The van der Waals surface area contributed by atoms with E-state index in [0.29, 0.717) is 12.2 Å². The molecule has 0 spiro atoms. The van der Waals surface area contributed by atoms with E-state index in [1.807, 2.05) is 29.3 Å². The molecule has 8 heteroatoms. The normalized spacial score (nSPS) is 17.8. The summed E-state index contributed by atoms with van der Waals surface area (Å²) in [4.78, 5) is 23.6. The number of carbonyl (C=O) groups excluding carboxylic acids is 1. The molecule has 4 rings (SSSR count). The first-order chi connectivity index (χ1) is 12.1. The summed E-state index contributed by atoms with van der Waals surface area (Å²) in [6.45, 7) is 1.34. The summed E-state index contributed by atoms with van der Waals surface area (Å²) in [5, 5.41) is 4.44. The molecular weight excluding hydrogens is 450 g/mol. The second-order valence-electron chi connectivity index (χ2n) is 6.04. The van der Waals surface area contributed by atoms with E-state index >= 15 is 0 Å². The first kappa shape index (κ1) is 16.7. The van der Waals surface area contributed by atoms with Crippen LogP contribution in [-0.2, 0) is 0 Å². The smallest absolute Gasteiger partial charge is 0.275 e. The van der Waals surface area contributed by atoms with Gasteiger partial charge in [0.05, 0.1) is 14.5 Å². The number of nitrogens with zero attached hydrogens (tertiary/aromatic N) is 5. The van der Waals surface area contributed by atoms with Crippen molar-refractivity contribution in [2.75, 3.05) is 13.1 Å². The van der Waals surface area contributed by atoms with Crippen molar-refractivity contribution in [3.8, 4) is 0 Å². The molecule has 0 saturated carbocycles. The summed E-state index contributed by atoms with van der Waals surface area (Å²) in [7, 11) is 0. The highest BCUT2D eigenvalue weighted by molar-refractivity contribution is 9.11. The van der Waals surface area contributed by atoms with Gasteiger partial charge in [0.2, 0.25) is 0 Å². The van der Waals surface area contributed by atoms with Crippen molar-refractivity contribution >= 4 is 43.3 Å². The van der Waals surface area contributed by atoms with Crippen LogP contribution in [0.1, 0.15) is 35.1 Å². The average Bonchev–Trinajstić information content (AvgIpc) is 2.99. The van der Waals surface area contributed by atoms with Gasteiger partial charge in [-0.05, 0) is 56.8 Å². The minimum Gasteiger partial charge on any atom is -0.336 e. The molecule has 0 aromatic carbocycles. The summed E-state index contributed by atoms with van der Waals surface area (Å²) < 4.78 is 3.31. The largest absolute Gasteiger partial charge is 0.336 e. The summed E-state index contributed by atoms with van der Waals surface area (Å²) in [5.74, 6) is 0.883. The topological polar surface area (TPSA) is 63.4 Å². The molecule has 3 aromatic heterocycles. The number of likely N-dealkylation sites (tertiary alicyclic amines) is 1. The number of halogens is 2. The summed E-state index contributed by atoms with van der Waals surface area (Å²) in [5.41, 5.74) is 1.33. The second kappa shape index (κ2) is 6.84. The second-order valence-corrected chi connectivity index (χ2v) is 7.75. The standard InChI is InChI=1S/C17H15Br2N5O/c18-12-8-20-16(21-9-12)11-4-3-6-23(10-11)17(25)15-14(19)13-5-1-2-7-24(13)22-15/h1-2,5,7-9,11H,3-4,6,10H2. The molecule has 25 heavy (non-hydrogen) atoms. The Bertz CT molecular complexity index is 924. The Morgan fingerprint density at radius 3 is 2.76 bits per heavy atom. The number of carbonyl (C=O) groups is 1. The van der Waals surface area contributed by atoms with Gasteiger partial charge < -0.3 is 4.90 Å². The zero-order valence-electron chi connectivity index (χ0n) is 13.3. The molecule has 4 heterocycles. The molecule has 0 radical (unpaired) electrons. The SMILES string of the molecule is O=C(c1nn2ccccc2c1Br)N1CCCC(c2ncc(Br)cn2)C1. The van der Waals surface area contributed by atoms with Gasteiger partial charge in [0.15, 0.2) is 5.69 Å². The number of piperidine rings is 1. The molecule has 1 saturated heterocycles. The predicted molar refractivity (Wildman–Crippen MR) is 101 cm³/mol. The van der Waals surface area contributed by atoms with Crippen molar-refractivity contribution in [3.63, 3.8) is 0 Å². The number of amides is 1. The fourth-order valence-corrected chi connectivity index (χ4v) is 3.93. The van der Waals surface area contributed by atoms with Gasteiger partial charge in [-0.15, -0.1) is 0 Å². The summed E-state index contributed by atoms with van der Waals surface area (Å²) in [6.07, 6.45) is 7.26. The van der Waals surface area contributed by atoms with Gasteiger partial charge >= 0.3 is 0 Å². The zero-order chi connectivity index (χ0) is 17.4. The molecule has 128 valence electrons. The molecule has 0 N–H and O–H groups in total. The highest BCUT2D eigenvalue weighted by Crippen LogP contribution is 2.28. The van der Waals surface area contributed by atoms with Gasteiger partial charge in [-0.1, -0.05) is 6.07 Å². The van der Waals surface area contributed by atoms with Gasteiger partial charge in [0.1, 0.15) is 5.82 Å². The molecule has 1 fully saturated rings. The van der Waals surface area contributed by atoms with E-state index in [9.17, 15) is 4.79 Å². The van der Waals surface area contributed by atoms with Gasteiger partial charge in [0, 0.05) is 37.6 Å². The van der Waals surface area contributed by atoms with Gasteiger partial charge in [-0.3, -0.25) is 4.79 Å². The lowest BCUT2D eigenvalue weighted by atomic mass is 9.97. The molecule has 3 aromatic rings. The highest BCUT2D eigenvalue weighted by atomic mass is 79.9. The minimum absolute atomic E-state index is 0.0580. The van der Waals surface area contributed by atoms with E-state index in [2.05, 4.69) is 46.9 Å². The number of aromatic nitrogens is 4. The first-order valence-corrected chi connectivity index (χ1v) is 9.61. The lowest BCUT2D eigenvalue weighted by Gasteiger charge is -2.31. The maximum atomic E-state index is 13.0. The van der Waals surface area contributed by atoms with Crippen LogP contribution in [0.5, 0.6) is 0 Å². The van der Waals surface area contributed by atoms with Crippen molar-refractivity contribution in [3.05, 3.63) is 57.3 Å². The number of hydrogen-bond donors (Lipinski definition) is 0. The van der Waals surface area contributed by atoms with E-state index in [4.69, 9.17) is 0 Å². The van der Waals surface area contributed by atoms with Crippen LogP contribution in [0.4, 0.5) is 0 Å². The number of fused-ring (bicyclic) bond motifs is 1. The van der Waals surface area contributed by atoms with Crippen molar-refractivity contribution in [2.45, 2.75) is 18.8 Å². The van der Waals surface area contributed by atoms with E-state index < -0.39 is 0 Å². The van der Waals surface area contributed by atoms with Crippen LogP contribution in [0, 0.1) is 0 Å². The number of rotatable bonds is 2. The third kappa shape index (κ3) is 3.20. The molecule has 0 bridgehead atoms. The summed E-state index contributed by atoms with van der Waals surface area (Å²) >= 11 is 6.88. The molecule has 1 aliphatic rings. The lowest BCUT2D eigenvalue weighted by Crippen LogP contribution is -2.39. The third-order valence-corrected chi connectivity index (χ3v) is 5.59. The molecule has 1 unspecified atom stereocenters. The van der Waals surface area contributed by atoms with E-state index in [-0.39, 0.29) is 11.8 Å². The van der Waals surface area contributed by atoms with Crippen LogP contribution in [0.2, 0.25) is 0 Å². The van der Waals surface area contributed by atoms with Crippen LogP contribution < -0.4 is 0 Å². The van der Waals surface area contributed by atoms with Crippen LogP contribution in [0.15, 0.2) is 45.7 Å². The van der Waals surface area contributed by atoms with E-state index in [1.165, 1.54) is 0 Å². The molecule has 1 atom stereocenters. The Balaban J connectivity index is 1.59. The molecule has 1 amide bonds. The van der Waals surface area contributed by atoms with Gasteiger partial charge in [0.25, 0.3) is 5.91 Å². The number of hydrogen-bond acceptors (Lipinski definition) is 4. The maximum absolute atomic E-state index is 13.0. The zero-order valence-corrected chi connectivity index (χ0v) is 16.4. The van der Waals surface area contributed by atoms with Gasteiger partial charge in [-0.2, -0.15) is 5.10 Å². The quantitative estimate of drug-likeness (QED) is 0.580. The summed E-state index contributed by atoms with van der Waals surface area (Å²) in [6, 6.07) is 5.75. The number of pyridine rings is 1. The highest BCUT2D eigenvalue weighted by Gasteiger charge is 2.29. The Hall–Kier alpha value is -1.80. The molecule has 1 aliphatic heterocycles. The fraction of sp³-hybridized carbons (Fsp3) is 0.294. The first-order valence-electron chi connectivity index (χ1n) is 8.03. The fourth-order valence-electron chi connectivity index (χ4n) is 3.16. The van der Waals surface area contributed by atoms with Crippen molar-refractivity contribution < 1.29 is 4.79 Å².